The second-order valence-electron chi connectivity index (χ2n) is 4.27. The van der Waals surface area contributed by atoms with Crippen molar-refractivity contribution in [2.75, 3.05) is 19.0 Å². The lowest BCUT2D eigenvalue weighted by atomic mass is 10.2. The maximum absolute atomic E-state index is 5.83. The lowest BCUT2D eigenvalue weighted by Crippen LogP contribution is -2.08. The third-order valence-electron chi connectivity index (χ3n) is 2.65. The molecule has 0 atom stereocenters. The number of anilines is 1. The Balaban J connectivity index is 2.15. The number of rotatable bonds is 4. The van der Waals surface area contributed by atoms with E-state index in [-0.39, 0.29) is 0 Å². The van der Waals surface area contributed by atoms with Gasteiger partial charge in [0.25, 0.3) is 0 Å². The Kier molecular flexibility index (Phi) is 4.26. The fraction of sp³-hybridized carbons (Fsp3) is 0.200. The number of hydrogen-bond acceptors (Lipinski definition) is 2. The van der Waals surface area contributed by atoms with E-state index in [9.17, 15) is 0 Å². The number of halogens is 1. The minimum atomic E-state index is 0.854. The summed E-state index contributed by atoms with van der Waals surface area (Å²) in [7, 11) is 4.04. The Morgan fingerprint density at radius 1 is 1.00 bits per heavy atom. The molecule has 0 fully saturated rings. The Morgan fingerprint density at radius 3 is 2.33 bits per heavy atom. The quantitative estimate of drug-likeness (QED) is 0.774. The van der Waals surface area contributed by atoms with Crippen LogP contribution < -0.4 is 9.64 Å². The number of nitrogens with zero attached hydrogens (tertiary/aromatic N) is 1. The number of benzene rings is 2. The monoisotopic (exact) mass is 305 g/mol. The van der Waals surface area contributed by atoms with E-state index >= 15 is 0 Å². The molecule has 0 saturated heterocycles. The fourth-order valence-corrected chi connectivity index (χ4v) is 1.98. The van der Waals surface area contributed by atoms with Crippen LogP contribution in [-0.2, 0) is 5.33 Å². The van der Waals surface area contributed by atoms with E-state index < -0.39 is 0 Å². The summed E-state index contributed by atoms with van der Waals surface area (Å²) in [5.74, 6) is 1.71. The first-order valence-corrected chi connectivity index (χ1v) is 6.91. The van der Waals surface area contributed by atoms with Crippen molar-refractivity contribution in [2.24, 2.45) is 0 Å². The van der Waals surface area contributed by atoms with E-state index in [4.69, 9.17) is 4.74 Å². The Bertz CT molecular complexity index is 508. The van der Waals surface area contributed by atoms with Crippen molar-refractivity contribution in [3.8, 4) is 11.5 Å². The van der Waals surface area contributed by atoms with Gasteiger partial charge in [-0.3, -0.25) is 0 Å². The van der Waals surface area contributed by atoms with Gasteiger partial charge in [0.15, 0.2) is 0 Å². The average Bonchev–Trinajstić information content (AvgIpc) is 2.40. The summed E-state index contributed by atoms with van der Waals surface area (Å²) in [6.07, 6.45) is 0. The van der Waals surface area contributed by atoms with Crippen molar-refractivity contribution in [1.29, 1.82) is 0 Å². The van der Waals surface area contributed by atoms with Gasteiger partial charge in [-0.25, -0.2) is 0 Å². The van der Waals surface area contributed by atoms with Crippen molar-refractivity contribution in [3.05, 3.63) is 54.1 Å². The summed E-state index contributed by atoms with van der Waals surface area (Å²) < 4.78 is 5.83. The summed E-state index contributed by atoms with van der Waals surface area (Å²) in [4.78, 5) is 2.06. The van der Waals surface area contributed by atoms with Gasteiger partial charge in [-0.2, -0.15) is 0 Å². The van der Waals surface area contributed by atoms with Crippen LogP contribution in [0.15, 0.2) is 48.5 Å². The molecular formula is C15H16BrNO. The van der Waals surface area contributed by atoms with Gasteiger partial charge in [-0.1, -0.05) is 34.1 Å². The summed E-state index contributed by atoms with van der Waals surface area (Å²) in [6, 6.07) is 16.1. The first-order valence-electron chi connectivity index (χ1n) is 5.79. The average molecular weight is 306 g/mol. The number of ether oxygens (including phenoxy) is 1. The molecule has 0 amide bonds. The maximum Gasteiger partial charge on any atom is 0.129 e. The van der Waals surface area contributed by atoms with Crippen molar-refractivity contribution < 1.29 is 4.74 Å². The van der Waals surface area contributed by atoms with Crippen LogP contribution in [-0.4, -0.2) is 14.1 Å². The van der Waals surface area contributed by atoms with Gasteiger partial charge in [0, 0.05) is 31.2 Å². The number of alkyl halides is 1. The van der Waals surface area contributed by atoms with E-state index in [1.54, 1.807) is 0 Å². The molecule has 0 N–H and O–H groups in total. The summed E-state index contributed by atoms with van der Waals surface area (Å²) in [6.45, 7) is 0. The van der Waals surface area contributed by atoms with Crippen molar-refractivity contribution in [1.82, 2.24) is 0 Å². The van der Waals surface area contributed by atoms with Gasteiger partial charge in [0.2, 0.25) is 0 Å². The second kappa shape index (κ2) is 5.91. The molecule has 0 aliphatic heterocycles. The highest BCUT2D eigenvalue weighted by Gasteiger charge is 2.00. The molecule has 0 unspecified atom stereocenters. The van der Waals surface area contributed by atoms with Gasteiger partial charge >= 0.3 is 0 Å². The van der Waals surface area contributed by atoms with Gasteiger partial charge in [-0.15, -0.1) is 0 Å². The first-order chi connectivity index (χ1) is 8.69. The van der Waals surface area contributed by atoms with Crippen LogP contribution >= 0.6 is 15.9 Å². The normalized spacial score (nSPS) is 10.2. The van der Waals surface area contributed by atoms with E-state index in [0.717, 1.165) is 22.5 Å². The third-order valence-corrected chi connectivity index (χ3v) is 3.29. The van der Waals surface area contributed by atoms with E-state index in [2.05, 4.69) is 39.0 Å². The molecule has 0 bridgehead atoms. The molecule has 0 spiro atoms. The highest BCUT2D eigenvalue weighted by atomic mass is 79.9. The maximum atomic E-state index is 5.83. The predicted octanol–water partition coefficient (Wildman–Crippen LogP) is 4.44. The Hall–Kier alpha value is -1.48. The van der Waals surface area contributed by atoms with Crippen molar-refractivity contribution in [2.45, 2.75) is 5.33 Å². The summed E-state index contributed by atoms with van der Waals surface area (Å²) in [5, 5.41) is 0.864. The van der Waals surface area contributed by atoms with Crippen LogP contribution in [0.5, 0.6) is 11.5 Å². The highest BCUT2D eigenvalue weighted by molar-refractivity contribution is 9.08. The molecule has 2 aromatic rings. The molecule has 3 heteroatoms. The highest BCUT2D eigenvalue weighted by Crippen LogP contribution is 2.25. The zero-order valence-electron chi connectivity index (χ0n) is 10.6. The smallest absolute Gasteiger partial charge is 0.129 e. The summed E-state index contributed by atoms with van der Waals surface area (Å²) >= 11 is 3.43. The van der Waals surface area contributed by atoms with Crippen molar-refractivity contribution in [3.63, 3.8) is 0 Å². The standard InChI is InChI=1S/C15H16BrNO/c1-17(2)13-4-3-5-15(10-13)18-14-8-6-12(11-16)7-9-14/h3-10H,11H2,1-2H3. The third kappa shape index (κ3) is 3.26. The molecule has 2 aromatic carbocycles. The molecule has 0 aliphatic carbocycles. The van der Waals surface area contributed by atoms with Crippen LogP contribution in [0.1, 0.15) is 5.56 Å². The molecule has 0 radical (unpaired) electrons. The largest absolute Gasteiger partial charge is 0.457 e. The van der Waals surface area contributed by atoms with Crippen LogP contribution in [0.3, 0.4) is 0 Å². The first kappa shape index (κ1) is 13.0. The molecule has 18 heavy (non-hydrogen) atoms. The van der Waals surface area contributed by atoms with Gasteiger partial charge in [-0.05, 0) is 29.8 Å². The minimum Gasteiger partial charge on any atom is -0.457 e. The molecule has 2 rings (SSSR count). The summed E-state index contributed by atoms with van der Waals surface area (Å²) in [5.41, 5.74) is 2.37. The molecular weight excluding hydrogens is 290 g/mol. The Morgan fingerprint density at radius 2 is 1.72 bits per heavy atom. The molecule has 94 valence electrons. The zero-order chi connectivity index (χ0) is 13.0. The second-order valence-corrected chi connectivity index (χ2v) is 4.83. The predicted molar refractivity (Wildman–Crippen MR) is 79.9 cm³/mol. The zero-order valence-corrected chi connectivity index (χ0v) is 12.1. The van der Waals surface area contributed by atoms with Gasteiger partial charge in [0.05, 0.1) is 0 Å². The van der Waals surface area contributed by atoms with Gasteiger partial charge < -0.3 is 9.64 Å². The SMILES string of the molecule is CN(C)c1cccc(Oc2ccc(CBr)cc2)c1. The fourth-order valence-electron chi connectivity index (χ4n) is 1.61. The molecule has 0 saturated carbocycles. The molecule has 0 aliphatic rings. The lowest BCUT2D eigenvalue weighted by molar-refractivity contribution is 0.482. The van der Waals surface area contributed by atoms with Crippen LogP contribution in [0, 0.1) is 0 Å². The topological polar surface area (TPSA) is 12.5 Å². The molecule has 2 nitrogen and oxygen atoms in total. The van der Waals surface area contributed by atoms with Gasteiger partial charge in [0.1, 0.15) is 11.5 Å². The molecule has 0 aromatic heterocycles. The van der Waals surface area contributed by atoms with Crippen LogP contribution in [0.4, 0.5) is 5.69 Å². The minimum absolute atomic E-state index is 0.854. The molecule has 0 heterocycles. The van der Waals surface area contributed by atoms with Crippen molar-refractivity contribution >= 4 is 21.6 Å². The lowest BCUT2D eigenvalue weighted by Gasteiger charge is -2.14. The van der Waals surface area contributed by atoms with Crippen LogP contribution in [0.25, 0.3) is 0 Å². The number of hydrogen-bond donors (Lipinski definition) is 0. The van der Waals surface area contributed by atoms with E-state index in [1.807, 2.05) is 44.4 Å². The van der Waals surface area contributed by atoms with E-state index in [1.165, 1.54) is 5.56 Å². The van der Waals surface area contributed by atoms with Crippen LogP contribution in [0.2, 0.25) is 0 Å². The van der Waals surface area contributed by atoms with E-state index in [0.29, 0.717) is 0 Å². The Labute approximate surface area is 116 Å².